The minimum absolute atomic E-state index is 0.240. The molecule has 0 aromatic heterocycles. The van der Waals surface area contributed by atoms with E-state index in [2.05, 4.69) is 59.2 Å². The lowest BCUT2D eigenvalue weighted by Crippen LogP contribution is -2.42. The van der Waals surface area contributed by atoms with Crippen molar-refractivity contribution >= 4 is 0 Å². The summed E-state index contributed by atoms with van der Waals surface area (Å²) in [5.41, 5.74) is 5.72. The van der Waals surface area contributed by atoms with Crippen molar-refractivity contribution < 1.29 is 14.9 Å². The summed E-state index contributed by atoms with van der Waals surface area (Å²) in [5.74, 6) is 0. The first-order chi connectivity index (χ1) is 15.2. The molecular formula is C26H36N2O3. The Morgan fingerprint density at radius 3 is 1.58 bits per heavy atom. The van der Waals surface area contributed by atoms with Crippen LogP contribution in [0.1, 0.15) is 35.1 Å². The molecule has 0 spiro atoms. The molecule has 2 aliphatic carbocycles. The summed E-state index contributed by atoms with van der Waals surface area (Å²) in [4.78, 5) is 0. The van der Waals surface area contributed by atoms with Gasteiger partial charge in [0.25, 0.3) is 0 Å². The number of hydrogen-bond donors (Lipinski definition) is 4. The fraction of sp³-hybridized carbons (Fsp3) is 0.538. The second-order valence-corrected chi connectivity index (χ2v) is 9.08. The third-order valence-electron chi connectivity index (χ3n) is 6.60. The van der Waals surface area contributed by atoms with Crippen LogP contribution in [0.15, 0.2) is 48.5 Å². The summed E-state index contributed by atoms with van der Waals surface area (Å²) in [7, 11) is 0. The zero-order chi connectivity index (χ0) is 21.5. The lowest BCUT2D eigenvalue weighted by Gasteiger charge is -2.27. The van der Waals surface area contributed by atoms with Crippen molar-refractivity contribution in [3.63, 3.8) is 0 Å². The fourth-order valence-electron chi connectivity index (χ4n) is 4.81. The Balaban J connectivity index is 1.07. The van der Waals surface area contributed by atoms with Crippen LogP contribution in [0.4, 0.5) is 0 Å². The number of fused-ring (bicyclic) bond motifs is 2. The van der Waals surface area contributed by atoms with Gasteiger partial charge in [0.15, 0.2) is 0 Å². The van der Waals surface area contributed by atoms with Crippen molar-refractivity contribution in [3.8, 4) is 0 Å². The van der Waals surface area contributed by atoms with Crippen LogP contribution in [0.25, 0.3) is 0 Å². The summed E-state index contributed by atoms with van der Waals surface area (Å²) in [5, 5.41) is 27.4. The average molecular weight is 425 g/mol. The fourth-order valence-corrected chi connectivity index (χ4v) is 4.81. The van der Waals surface area contributed by atoms with Gasteiger partial charge in [-0.1, -0.05) is 48.5 Å². The van der Waals surface area contributed by atoms with E-state index >= 15 is 0 Å². The molecule has 4 unspecified atom stereocenters. The van der Waals surface area contributed by atoms with E-state index in [0.29, 0.717) is 25.2 Å². The third-order valence-corrected chi connectivity index (χ3v) is 6.60. The van der Waals surface area contributed by atoms with E-state index in [1.165, 1.54) is 22.3 Å². The van der Waals surface area contributed by atoms with Gasteiger partial charge in [-0.25, -0.2) is 0 Å². The Labute approximate surface area is 185 Å². The number of aliphatic hydroxyl groups excluding tert-OH is 2. The van der Waals surface area contributed by atoms with Gasteiger partial charge in [0, 0.05) is 25.2 Å². The lowest BCUT2D eigenvalue weighted by molar-refractivity contribution is -0.00783. The molecule has 4 N–H and O–H groups in total. The highest BCUT2D eigenvalue weighted by Gasteiger charge is 2.20. The van der Waals surface area contributed by atoms with E-state index in [4.69, 9.17) is 4.74 Å². The second kappa shape index (κ2) is 11.2. The smallest absolute Gasteiger partial charge is 0.0897 e. The van der Waals surface area contributed by atoms with E-state index < -0.39 is 12.2 Å². The minimum Gasteiger partial charge on any atom is -0.389 e. The van der Waals surface area contributed by atoms with Crippen LogP contribution in [0, 0.1) is 0 Å². The number of rotatable bonds is 10. The Bertz CT molecular complexity index is 760. The van der Waals surface area contributed by atoms with E-state index in [0.717, 1.165) is 38.5 Å². The van der Waals surface area contributed by atoms with Gasteiger partial charge in [-0.15, -0.1) is 0 Å². The second-order valence-electron chi connectivity index (χ2n) is 9.08. The van der Waals surface area contributed by atoms with E-state index in [9.17, 15) is 10.2 Å². The average Bonchev–Trinajstić information content (AvgIpc) is 2.81. The summed E-state index contributed by atoms with van der Waals surface area (Å²) >= 11 is 0. The molecule has 4 atom stereocenters. The van der Waals surface area contributed by atoms with E-state index in [1.807, 2.05) is 0 Å². The molecular weight excluding hydrogens is 388 g/mol. The van der Waals surface area contributed by atoms with Crippen molar-refractivity contribution in [1.29, 1.82) is 0 Å². The predicted octanol–water partition coefficient (Wildman–Crippen LogP) is 2.02. The molecule has 0 bridgehead atoms. The summed E-state index contributed by atoms with van der Waals surface area (Å²) < 4.78 is 5.57. The number of ether oxygens (including phenoxy) is 1. The van der Waals surface area contributed by atoms with Crippen LogP contribution in [0.5, 0.6) is 0 Å². The van der Waals surface area contributed by atoms with Gasteiger partial charge in [0.05, 0.1) is 25.4 Å². The van der Waals surface area contributed by atoms with Crippen LogP contribution in [-0.2, 0) is 30.4 Å². The van der Waals surface area contributed by atoms with Crippen LogP contribution >= 0.6 is 0 Å². The van der Waals surface area contributed by atoms with Gasteiger partial charge in [-0.05, 0) is 60.8 Å². The predicted molar refractivity (Wildman–Crippen MR) is 123 cm³/mol. The molecule has 168 valence electrons. The molecule has 31 heavy (non-hydrogen) atoms. The Morgan fingerprint density at radius 2 is 1.13 bits per heavy atom. The highest BCUT2D eigenvalue weighted by Crippen LogP contribution is 2.22. The molecule has 0 saturated heterocycles. The molecule has 5 nitrogen and oxygen atoms in total. The Morgan fingerprint density at radius 1 is 0.710 bits per heavy atom. The first-order valence-corrected chi connectivity index (χ1v) is 11.7. The van der Waals surface area contributed by atoms with Gasteiger partial charge < -0.3 is 25.6 Å². The topological polar surface area (TPSA) is 73.8 Å². The molecule has 0 saturated carbocycles. The maximum atomic E-state index is 10.2. The molecule has 0 aliphatic heterocycles. The van der Waals surface area contributed by atoms with Crippen LogP contribution in [0.3, 0.4) is 0 Å². The first-order valence-electron chi connectivity index (χ1n) is 11.7. The lowest BCUT2D eigenvalue weighted by atomic mass is 9.88. The quantitative estimate of drug-likeness (QED) is 0.470. The zero-order valence-corrected chi connectivity index (χ0v) is 18.3. The standard InChI is InChI=1S/C26H36N2O3/c29-25(15-27-23-11-9-19-5-1-3-7-21(19)13-23)17-31-18-26(30)16-28-24-12-10-20-6-2-4-8-22(20)14-24/h1-8,23-30H,9-18H2. The third kappa shape index (κ3) is 6.61. The van der Waals surface area contributed by atoms with Crippen molar-refractivity contribution in [2.75, 3.05) is 26.3 Å². The first kappa shape index (κ1) is 22.4. The van der Waals surface area contributed by atoms with Gasteiger partial charge in [-0.2, -0.15) is 0 Å². The summed E-state index contributed by atoms with van der Waals surface area (Å²) in [6.45, 7) is 1.51. The Kier molecular flexibility index (Phi) is 8.11. The molecule has 4 rings (SSSR count). The number of nitrogens with one attached hydrogen (secondary N) is 2. The summed E-state index contributed by atoms with van der Waals surface area (Å²) in [6, 6.07) is 18.0. The van der Waals surface area contributed by atoms with Crippen molar-refractivity contribution in [1.82, 2.24) is 10.6 Å². The van der Waals surface area contributed by atoms with Crippen molar-refractivity contribution in [2.24, 2.45) is 0 Å². The van der Waals surface area contributed by atoms with Crippen LogP contribution in [-0.4, -0.2) is 60.8 Å². The highest BCUT2D eigenvalue weighted by molar-refractivity contribution is 5.31. The molecule has 2 aromatic rings. The van der Waals surface area contributed by atoms with Crippen LogP contribution < -0.4 is 10.6 Å². The van der Waals surface area contributed by atoms with E-state index in [-0.39, 0.29) is 13.2 Å². The SMILES string of the molecule is OC(CNC1CCc2ccccc2C1)COCC(O)CNC1CCc2ccccc2C1. The molecule has 0 fully saturated rings. The monoisotopic (exact) mass is 424 g/mol. The van der Waals surface area contributed by atoms with Gasteiger partial charge in [0.2, 0.25) is 0 Å². The maximum absolute atomic E-state index is 10.2. The number of aryl methyl sites for hydroxylation is 2. The molecule has 5 heteroatoms. The molecule has 2 aromatic carbocycles. The number of aliphatic hydroxyl groups is 2. The zero-order valence-electron chi connectivity index (χ0n) is 18.3. The molecule has 0 radical (unpaired) electrons. The van der Waals surface area contributed by atoms with Crippen molar-refractivity contribution in [2.45, 2.75) is 62.8 Å². The molecule has 0 heterocycles. The minimum atomic E-state index is -0.563. The van der Waals surface area contributed by atoms with Crippen LogP contribution in [0.2, 0.25) is 0 Å². The van der Waals surface area contributed by atoms with Crippen molar-refractivity contribution in [3.05, 3.63) is 70.8 Å². The largest absolute Gasteiger partial charge is 0.389 e. The summed E-state index contributed by atoms with van der Waals surface area (Å²) in [6.07, 6.45) is 5.28. The Hall–Kier alpha value is -1.76. The number of benzene rings is 2. The highest BCUT2D eigenvalue weighted by atomic mass is 16.5. The van der Waals surface area contributed by atoms with Gasteiger partial charge in [0.1, 0.15) is 0 Å². The maximum Gasteiger partial charge on any atom is 0.0897 e. The molecule has 2 aliphatic rings. The van der Waals surface area contributed by atoms with Gasteiger partial charge >= 0.3 is 0 Å². The van der Waals surface area contributed by atoms with Gasteiger partial charge in [-0.3, -0.25) is 0 Å². The molecule has 0 amide bonds. The normalized spacial score (nSPS) is 22.4. The number of hydrogen-bond acceptors (Lipinski definition) is 5. The van der Waals surface area contributed by atoms with E-state index in [1.54, 1.807) is 0 Å².